The Labute approximate surface area is 186 Å². The highest BCUT2D eigenvalue weighted by atomic mass is 35.5. The Kier molecular flexibility index (Phi) is 7.13. The van der Waals surface area contributed by atoms with E-state index >= 15 is 0 Å². The van der Waals surface area contributed by atoms with Crippen molar-refractivity contribution in [3.63, 3.8) is 0 Å². The molecule has 0 spiro atoms. The molecule has 0 fully saturated rings. The van der Waals surface area contributed by atoms with Crippen molar-refractivity contribution in [2.45, 2.75) is 33.1 Å². The topological polar surface area (TPSA) is 75.7 Å². The maximum Gasteiger partial charge on any atom is 0.336 e. The van der Waals surface area contributed by atoms with E-state index in [1.807, 2.05) is 19.1 Å². The van der Waals surface area contributed by atoms with Gasteiger partial charge in [0.1, 0.15) is 6.54 Å². The lowest BCUT2D eigenvalue weighted by Gasteiger charge is -2.34. The zero-order valence-electron chi connectivity index (χ0n) is 17.8. The molecule has 0 saturated carbocycles. The second-order valence-electron chi connectivity index (χ2n) is 7.42. The van der Waals surface area contributed by atoms with Crippen LogP contribution in [0.5, 0.6) is 0 Å². The predicted molar refractivity (Wildman–Crippen MR) is 120 cm³/mol. The van der Waals surface area contributed by atoms with Crippen molar-refractivity contribution in [3.8, 4) is 0 Å². The summed E-state index contributed by atoms with van der Waals surface area (Å²) in [6, 6.07) is 14.4. The van der Waals surface area contributed by atoms with Crippen molar-refractivity contribution in [1.29, 1.82) is 0 Å². The molecule has 1 atom stereocenters. The fourth-order valence-electron chi connectivity index (χ4n) is 3.64. The molecule has 0 aromatic heterocycles. The summed E-state index contributed by atoms with van der Waals surface area (Å²) in [4.78, 5) is 39.7. The number of anilines is 1. The second-order valence-corrected chi connectivity index (χ2v) is 7.86. The van der Waals surface area contributed by atoms with Gasteiger partial charge in [-0.2, -0.15) is 0 Å². The number of carbonyl (C=O) groups is 3. The summed E-state index contributed by atoms with van der Waals surface area (Å²) in [5, 5.41) is 3.36. The van der Waals surface area contributed by atoms with Crippen LogP contribution in [0.3, 0.4) is 0 Å². The number of allylic oxidation sites excluding steroid dienone is 1. The summed E-state index contributed by atoms with van der Waals surface area (Å²) in [6.45, 7) is 5.39. The molecule has 1 aliphatic rings. The van der Waals surface area contributed by atoms with Gasteiger partial charge in [0.2, 0.25) is 11.8 Å². The molecule has 2 aromatic rings. The maximum absolute atomic E-state index is 12.9. The lowest BCUT2D eigenvalue weighted by Crippen LogP contribution is -2.42. The molecular formula is C24H25ClN2O4. The van der Waals surface area contributed by atoms with Gasteiger partial charge in [0, 0.05) is 28.7 Å². The molecule has 0 radical (unpaired) electrons. The second kappa shape index (κ2) is 9.79. The summed E-state index contributed by atoms with van der Waals surface area (Å²) in [5.41, 5.74) is 3.33. The number of rotatable bonds is 6. The van der Waals surface area contributed by atoms with E-state index < -0.39 is 11.9 Å². The van der Waals surface area contributed by atoms with Crippen LogP contribution in [-0.2, 0) is 19.1 Å². The molecule has 1 aliphatic heterocycles. The Hall–Kier alpha value is -3.12. The van der Waals surface area contributed by atoms with E-state index in [9.17, 15) is 14.4 Å². The highest BCUT2D eigenvalue weighted by Crippen LogP contribution is 2.37. The van der Waals surface area contributed by atoms with Crippen LogP contribution < -0.4 is 5.32 Å². The number of hydrogen-bond donors (Lipinski definition) is 1. The first kappa shape index (κ1) is 22.6. The van der Waals surface area contributed by atoms with E-state index in [1.54, 1.807) is 50.2 Å². The molecule has 1 heterocycles. The summed E-state index contributed by atoms with van der Waals surface area (Å²) < 4.78 is 5.26. The van der Waals surface area contributed by atoms with Crippen LogP contribution in [0.4, 0.5) is 5.69 Å². The average Bonchev–Trinajstić information content (AvgIpc) is 2.73. The summed E-state index contributed by atoms with van der Waals surface area (Å²) in [7, 11) is 0. The number of aryl methyl sites for hydroxylation is 1. The number of carbonyl (C=O) groups excluding carboxylic acids is 3. The number of esters is 1. The molecule has 3 rings (SSSR count). The largest absolute Gasteiger partial charge is 0.463 e. The number of halogens is 1. The van der Waals surface area contributed by atoms with E-state index in [0.717, 1.165) is 11.1 Å². The summed E-state index contributed by atoms with van der Waals surface area (Å²) in [6.07, 6.45) is 0.0604. The van der Waals surface area contributed by atoms with Gasteiger partial charge < -0.3 is 15.0 Å². The SMILES string of the molecule is CCOC(=O)C1=C(C)N(CC(=O)Nc2ccc(C)cc2)C(=O)CC1c1ccc(Cl)cc1. The van der Waals surface area contributed by atoms with Gasteiger partial charge in [0.15, 0.2) is 0 Å². The minimum absolute atomic E-state index is 0.0604. The molecule has 7 heteroatoms. The average molecular weight is 441 g/mol. The third-order valence-corrected chi connectivity index (χ3v) is 5.48. The van der Waals surface area contributed by atoms with Gasteiger partial charge in [-0.05, 0) is 50.6 Å². The van der Waals surface area contributed by atoms with E-state index in [2.05, 4.69) is 5.32 Å². The van der Waals surface area contributed by atoms with Crippen LogP contribution in [0.1, 0.15) is 37.3 Å². The highest BCUT2D eigenvalue weighted by molar-refractivity contribution is 6.30. The molecule has 0 aliphatic carbocycles. The van der Waals surface area contributed by atoms with Crippen molar-refractivity contribution in [2.75, 3.05) is 18.5 Å². The molecule has 0 bridgehead atoms. The maximum atomic E-state index is 12.9. The van der Waals surface area contributed by atoms with Crippen molar-refractivity contribution < 1.29 is 19.1 Å². The van der Waals surface area contributed by atoms with Gasteiger partial charge in [-0.25, -0.2) is 4.79 Å². The smallest absolute Gasteiger partial charge is 0.336 e. The van der Waals surface area contributed by atoms with Gasteiger partial charge in [0.05, 0.1) is 12.2 Å². The fourth-order valence-corrected chi connectivity index (χ4v) is 3.76. The molecule has 162 valence electrons. The molecule has 0 saturated heterocycles. The number of ether oxygens (including phenoxy) is 1. The lowest BCUT2D eigenvalue weighted by molar-refractivity contribution is -0.140. The van der Waals surface area contributed by atoms with Crippen molar-refractivity contribution in [3.05, 3.63) is 76.0 Å². The molecular weight excluding hydrogens is 416 g/mol. The van der Waals surface area contributed by atoms with Crippen LogP contribution in [0.25, 0.3) is 0 Å². The van der Waals surface area contributed by atoms with Crippen LogP contribution in [0.15, 0.2) is 59.8 Å². The van der Waals surface area contributed by atoms with Crippen molar-refractivity contribution >= 4 is 35.1 Å². The van der Waals surface area contributed by atoms with Crippen molar-refractivity contribution in [1.82, 2.24) is 4.90 Å². The standard InChI is InChI=1S/C24H25ClN2O4/c1-4-31-24(30)23-16(3)27(14-21(28)26-19-11-5-15(2)6-12-19)22(29)13-20(23)17-7-9-18(25)10-8-17/h5-12,20H,4,13-14H2,1-3H3,(H,26,28). The molecule has 2 amide bonds. The highest BCUT2D eigenvalue weighted by Gasteiger charge is 2.37. The minimum Gasteiger partial charge on any atom is -0.463 e. The number of nitrogens with one attached hydrogen (secondary N) is 1. The number of hydrogen-bond acceptors (Lipinski definition) is 4. The van der Waals surface area contributed by atoms with Gasteiger partial charge >= 0.3 is 5.97 Å². The molecule has 31 heavy (non-hydrogen) atoms. The first-order chi connectivity index (χ1) is 14.8. The van der Waals surface area contributed by atoms with Crippen LogP contribution >= 0.6 is 11.6 Å². The third kappa shape index (κ3) is 5.33. The summed E-state index contributed by atoms with van der Waals surface area (Å²) in [5.74, 6) is -1.52. The van der Waals surface area contributed by atoms with Crippen LogP contribution in [-0.4, -0.2) is 35.8 Å². The molecule has 1 N–H and O–H groups in total. The summed E-state index contributed by atoms with van der Waals surface area (Å²) >= 11 is 5.99. The number of amides is 2. The zero-order chi connectivity index (χ0) is 22.5. The molecule has 2 aromatic carbocycles. The van der Waals surface area contributed by atoms with E-state index in [4.69, 9.17) is 16.3 Å². The third-order valence-electron chi connectivity index (χ3n) is 5.23. The molecule has 1 unspecified atom stereocenters. The zero-order valence-corrected chi connectivity index (χ0v) is 18.5. The number of benzene rings is 2. The van der Waals surface area contributed by atoms with E-state index in [1.165, 1.54) is 4.90 Å². The predicted octanol–water partition coefficient (Wildman–Crippen LogP) is 4.44. The van der Waals surface area contributed by atoms with Gasteiger partial charge in [-0.1, -0.05) is 41.4 Å². The Morgan fingerprint density at radius 2 is 1.74 bits per heavy atom. The number of nitrogens with zero attached hydrogens (tertiary/aromatic N) is 1. The minimum atomic E-state index is -0.489. The van der Waals surface area contributed by atoms with Crippen LogP contribution in [0, 0.1) is 6.92 Å². The van der Waals surface area contributed by atoms with Crippen LogP contribution in [0.2, 0.25) is 5.02 Å². The molecule has 6 nitrogen and oxygen atoms in total. The van der Waals surface area contributed by atoms with E-state index in [-0.39, 0.29) is 31.4 Å². The lowest BCUT2D eigenvalue weighted by atomic mass is 9.83. The van der Waals surface area contributed by atoms with Gasteiger partial charge in [0.25, 0.3) is 0 Å². The van der Waals surface area contributed by atoms with Gasteiger partial charge in [-0.15, -0.1) is 0 Å². The Morgan fingerprint density at radius 3 is 2.35 bits per heavy atom. The Bertz CT molecular complexity index is 1010. The first-order valence-corrected chi connectivity index (χ1v) is 10.5. The van der Waals surface area contributed by atoms with E-state index in [0.29, 0.717) is 22.0 Å². The normalized spacial score (nSPS) is 16.3. The monoisotopic (exact) mass is 440 g/mol. The quantitative estimate of drug-likeness (QED) is 0.674. The van der Waals surface area contributed by atoms with Crippen molar-refractivity contribution in [2.24, 2.45) is 0 Å². The van der Waals surface area contributed by atoms with Gasteiger partial charge in [-0.3, -0.25) is 9.59 Å². The Morgan fingerprint density at radius 1 is 1.10 bits per heavy atom. The first-order valence-electron chi connectivity index (χ1n) is 10.1. The fraction of sp³-hybridized carbons (Fsp3) is 0.292. The Balaban J connectivity index is 1.88.